The largest absolute Gasteiger partial charge is 0.339 e. The van der Waals surface area contributed by atoms with Crippen molar-refractivity contribution >= 4 is 41.7 Å². The summed E-state index contributed by atoms with van der Waals surface area (Å²) in [5.41, 5.74) is 0. The van der Waals surface area contributed by atoms with Crippen LogP contribution in [-0.2, 0) is 4.79 Å². The number of hydrogen-bond acceptors (Lipinski definition) is 3. The molecule has 1 aliphatic rings. The average Bonchev–Trinajstić information content (AvgIpc) is 2.41. The lowest BCUT2D eigenvalue weighted by molar-refractivity contribution is -0.130. The van der Waals surface area contributed by atoms with Gasteiger partial charge < -0.3 is 10.2 Å². The Morgan fingerprint density at radius 3 is 2.63 bits per heavy atom. The molecule has 0 saturated carbocycles. The summed E-state index contributed by atoms with van der Waals surface area (Å²) in [7, 11) is 0. The fourth-order valence-electron chi connectivity index (χ4n) is 1.92. The van der Waals surface area contributed by atoms with Crippen molar-refractivity contribution in [2.45, 2.75) is 17.1 Å². The highest BCUT2D eigenvalue weighted by atomic mass is 35.5. The van der Waals surface area contributed by atoms with Gasteiger partial charge in [0.2, 0.25) is 5.91 Å². The fraction of sp³-hybridized carbons (Fsp3) is 0.462. The van der Waals surface area contributed by atoms with Crippen LogP contribution in [0.15, 0.2) is 29.2 Å². The van der Waals surface area contributed by atoms with Gasteiger partial charge in [-0.15, -0.1) is 24.2 Å². The zero-order valence-corrected chi connectivity index (χ0v) is 13.2. The topological polar surface area (TPSA) is 32.3 Å². The second-order valence-electron chi connectivity index (χ2n) is 4.27. The van der Waals surface area contributed by atoms with Gasteiger partial charge in [-0.1, -0.05) is 23.7 Å². The Labute approximate surface area is 129 Å². The van der Waals surface area contributed by atoms with Crippen molar-refractivity contribution in [1.29, 1.82) is 0 Å². The van der Waals surface area contributed by atoms with Gasteiger partial charge in [0, 0.05) is 31.1 Å². The number of benzene rings is 1. The normalized spacial score (nSPS) is 16.6. The number of halogens is 2. The van der Waals surface area contributed by atoms with E-state index in [0.717, 1.165) is 31.1 Å². The van der Waals surface area contributed by atoms with Crippen LogP contribution in [0.3, 0.4) is 0 Å². The Morgan fingerprint density at radius 2 is 2.00 bits per heavy atom. The van der Waals surface area contributed by atoms with Gasteiger partial charge in [-0.05, 0) is 19.1 Å². The van der Waals surface area contributed by atoms with Gasteiger partial charge in [0.25, 0.3) is 0 Å². The number of carbonyl (C=O) groups is 1. The first-order valence-electron chi connectivity index (χ1n) is 6.09. The molecule has 0 aliphatic carbocycles. The van der Waals surface area contributed by atoms with E-state index in [1.165, 1.54) is 11.8 Å². The quantitative estimate of drug-likeness (QED) is 0.869. The molecule has 1 fully saturated rings. The van der Waals surface area contributed by atoms with E-state index in [1.807, 2.05) is 36.1 Å². The maximum Gasteiger partial charge on any atom is 0.235 e. The molecule has 0 spiro atoms. The highest BCUT2D eigenvalue weighted by Crippen LogP contribution is 2.30. The van der Waals surface area contributed by atoms with Crippen molar-refractivity contribution in [2.24, 2.45) is 0 Å². The van der Waals surface area contributed by atoms with E-state index >= 15 is 0 Å². The smallest absolute Gasteiger partial charge is 0.235 e. The molecule has 1 aliphatic heterocycles. The third-order valence-electron chi connectivity index (χ3n) is 2.92. The first-order chi connectivity index (χ1) is 8.68. The number of nitrogens with one attached hydrogen (secondary N) is 1. The number of amides is 1. The molecule has 1 saturated heterocycles. The van der Waals surface area contributed by atoms with Gasteiger partial charge in [-0.3, -0.25) is 4.79 Å². The molecule has 1 aromatic carbocycles. The SMILES string of the molecule is CC(Sc1ccccc1Cl)C(=O)N1CCNCC1.Cl. The molecule has 0 aromatic heterocycles. The van der Waals surface area contributed by atoms with Crippen molar-refractivity contribution in [3.8, 4) is 0 Å². The van der Waals surface area contributed by atoms with Gasteiger partial charge in [-0.25, -0.2) is 0 Å². The minimum Gasteiger partial charge on any atom is -0.339 e. The van der Waals surface area contributed by atoms with Crippen LogP contribution in [0.4, 0.5) is 0 Å². The summed E-state index contributed by atoms with van der Waals surface area (Å²) < 4.78 is 0. The molecule has 2 rings (SSSR count). The first-order valence-corrected chi connectivity index (χ1v) is 7.35. The van der Waals surface area contributed by atoms with E-state index in [2.05, 4.69) is 5.32 Å². The molecule has 1 unspecified atom stereocenters. The molecule has 1 aromatic rings. The van der Waals surface area contributed by atoms with E-state index < -0.39 is 0 Å². The molecule has 0 bridgehead atoms. The van der Waals surface area contributed by atoms with E-state index in [4.69, 9.17) is 11.6 Å². The van der Waals surface area contributed by atoms with Crippen molar-refractivity contribution in [1.82, 2.24) is 10.2 Å². The third-order valence-corrected chi connectivity index (χ3v) is 4.52. The van der Waals surface area contributed by atoms with Crippen LogP contribution in [0.2, 0.25) is 5.02 Å². The minimum atomic E-state index is -0.0944. The Hall–Kier alpha value is -0.420. The summed E-state index contributed by atoms with van der Waals surface area (Å²) in [6.45, 7) is 5.31. The van der Waals surface area contributed by atoms with E-state index in [0.29, 0.717) is 5.02 Å². The molecule has 1 atom stereocenters. The lowest BCUT2D eigenvalue weighted by atomic mass is 10.3. The van der Waals surface area contributed by atoms with Crippen molar-refractivity contribution in [2.75, 3.05) is 26.2 Å². The molecule has 3 nitrogen and oxygen atoms in total. The lowest BCUT2D eigenvalue weighted by Gasteiger charge is -2.29. The van der Waals surface area contributed by atoms with E-state index in [-0.39, 0.29) is 23.6 Å². The van der Waals surface area contributed by atoms with Gasteiger partial charge in [-0.2, -0.15) is 0 Å². The second-order valence-corrected chi connectivity index (χ2v) is 6.06. The number of carbonyl (C=O) groups excluding carboxylic acids is 1. The van der Waals surface area contributed by atoms with Crippen molar-refractivity contribution < 1.29 is 4.79 Å². The molecule has 6 heteroatoms. The number of thioether (sulfide) groups is 1. The first kappa shape index (κ1) is 16.6. The van der Waals surface area contributed by atoms with Gasteiger partial charge >= 0.3 is 0 Å². The number of rotatable bonds is 3. The second kappa shape index (κ2) is 8.00. The molecule has 1 amide bonds. The van der Waals surface area contributed by atoms with Crippen molar-refractivity contribution in [3.05, 3.63) is 29.3 Å². The van der Waals surface area contributed by atoms with Gasteiger partial charge in [0.15, 0.2) is 0 Å². The van der Waals surface area contributed by atoms with Crippen LogP contribution in [0.1, 0.15) is 6.92 Å². The Balaban J connectivity index is 0.00000180. The molecule has 19 heavy (non-hydrogen) atoms. The molecule has 1 N–H and O–H groups in total. The molecule has 0 radical (unpaired) electrons. The van der Waals surface area contributed by atoms with Crippen LogP contribution >= 0.6 is 35.8 Å². The predicted molar refractivity (Wildman–Crippen MR) is 83.5 cm³/mol. The Kier molecular flexibility index (Phi) is 7.00. The standard InChI is InChI=1S/C13H17ClN2OS.ClH/c1-10(13(17)16-8-6-15-7-9-16)18-12-5-3-2-4-11(12)14;/h2-5,10,15H,6-9H2,1H3;1H. The summed E-state index contributed by atoms with van der Waals surface area (Å²) in [6.07, 6.45) is 0. The van der Waals surface area contributed by atoms with Crippen molar-refractivity contribution in [3.63, 3.8) is 0 Å². The molecule has 1 heterocycles. The van der Waals surface area contributed by atoms with Crippen LogP contribution in [0, 0.1) is 0 Å². The monoisotopic (exact) mass is 320 g/mol. The fourth-order valence-corrected chi connectivity index (χ4v) is 3.16. The van der Waals surface area contributed by atoms with Crippen LogP contribution in [-0.4, -0.2) is 42.2 Å². The van der Waals surface area contributed by atoms with Crippen LogP contribution in [0.5, 0.6) is 0 Å². The van der Waals surface area contributed by atoms with Gasteiger partial charge in [0.1, 0.15) is 0 Å². The summed E-state index contributed by atoms with van der Waals surface area (Å²) in [6, 6.07) is 7.64. The zero-order valence-electron chi connectivity index (χ0n) is 10.8. The average molecular weight is 321 g/mol. The highest BCUT2D eigenvalue weighted by molar-refractivity contribution is 8.00. The van der Waals surface area contributed by atoms with Crippen LogP contribution in [0.25, 0.3) is 0 Å². The van der Waals surface area contributed by atoms with E-state index in [9.17, 15) is 4.79 Å². The zero-order chi connectivity index (χ0) is 13.0. The summed E-state index contributed by atoms with van der Waals surface area (Å²) in [4.78, 5) is 15.1. The van der Waals surface area contributed by atoms with Crippen LogP contribution < -0.4 is 5.32 Å². The summed E-state index contributed by atoms with van der Waals surface area (Å²) in [5, 5.41) is 3.86. The molecular weight excluding hydrogens is 303 g/mol. The number of hydrogen-bond donors (Lipinski definition) is 1. The Morgan fingerprint density at radius 1 is 1.37 bits per heavy atom. The number of nitrogens with zero attached hydrogens (tertiary/aromatic N) is 1. The Bertz CT molecular complexity index is 425. The number of piperazine rings is 1. The van der Waals surface area contributed by atoms with E-state index in [1.54, 1.807) is 0 Å². The summed E-state index contributed by atoms with van der Waals surface area (Å²) >= 11 is 7.63. The predicted octanol–water partition coefficient (Wildman–Crippen LogP) is 2.67. The van der Waals surface area contributed by atoms with Gasteiger partial charge in [0.05, 0.1) is 10.3 Å². The maximum atomic E-state index is 12.2. The molecular formula is C13H18Cl2N2OS. The highest BCUT2D eigenvalue weighted by Gasteiger charge is 2.23. The molecule has 106 valence electrons. The minimum absolute atomic E-state index is 0. The third kappa shape index (κ3) is 4.56. The lowest BCUT2D eigenvalue weighted by Crippen LogP contribution is -2.48. The summed E-state index contributed by atoms with van der Waals surface area (Å²) in [5.74, 6) is 0.196. The maximum absolute atomic E-state index is 12.2.